The minimum Gasteiger partial charge on any atom is -0.371 e. The van der Waals surface area contributed by atoms with E-state index in [1.807, 2.05) is 6.92 Å². The molecule has 2 aromatic carbocycles. The molecule has 0 radical (unpaired) electrons. The molecule has 1 N–H and O–H groups in total. The summed E-state index contributed by atoms with van der Waals surface area (Å²) in [6, 6.07) is 15.0. The zero-order valence-electron chi connectivity index (χ0n) is 15.4. The molecule has 0 aliphatic carbocycles. The van der Waals surface area contributed by atoms with E-state index in [0.29, 0.717) is 0 Å². The first-order valence-electron chi connectivity index (χ1n) is 8.88. The summed E-state index contributed by atoms with van der Waals surface area (Å²) in [6.45, 7) is 8.46. The van der Waals surface area contributed by atoms with Gasteiger partial charge in [0, 0.05) is 6.20 Å². The van der Waals surface area contributed by atoms with Crippen molar-refractivity contribution in [1.29, 1.82) is 0 Å². The van der Waals surface area contributed by atoms with E-state index >= 15 is 0 Å². The number of anilines is 1. The van der Waals surface area contributed by atoms with Crippen LogP contribution in [0.15, 0.2) is 48.7 Å². The number of para-hydroxylation sites is 1. The number of hydrogen-bond donors (Lipinski definition) is 1. The largest absolute Gasteiger partial charge is 0.371 e. The Morgan fingerprint density at radius 1 is 0.962 bits per heavy atom. The lowest BCUT2D eigenvalue weighted by molar-refractivity contribution is 0.534. The van der Waals surface area contributed by atoms with Crippen LogP contribution in [0.5, 0.6) is 0 Å². The van der Waals surface area contributed by atoms with Gasteiger partial charge in [-0.1, -0.05) is 18.2 Å². The molecule has 1 aliphatic heterocycles. The van der Waals surface area contributed by atoms with Crippen molar-refractivity contribution in [2.75, 3.05) is 5.32 Å². The molecule has 2 aromatic heterocycles. The van der Waals surface area contributed by atoms with Gasteiger partial charge < -0.3 is 9.88 Å². The average Bonchev–Trinajstić information content (AvgIpc) is 3.20. The lowest BCUT2D eigenvalue weighted by Gasteiger charge is -2.35. The summed E-state index contributed by atoms with van der Waals surface area (Å²) in [6.07, 6.45) is 2.14. The van der Waals surface area contributed by atoms with Gasteiger partial charge in [0.2, 0.25) is 0 Å². The van der Waals surface area contributed by atoms with Gasteiger partial charge in [0.15, 0.2) is 5.82 Å². The van der Waals surface area contributed by atoms with Gasteiger partial charge in [0.1, 0.15) is 5.82 Å². The quantitative estimate of drug-likeness (QED) is 0.554. The maximum absolute atomic E-state index is 4.44. The van der Waals surface area contributed by atoms with Crippen molar-refractivity contribution in [3.63, 3.8) is 0 Å². The van der Waals surface area contributed by atoms with Gasteiger partial charge in [-0.25, -0.2) is 0 Å². The zero-order valence-corrected chi connectivity index (χ0v) is 15.4. The molecule has 5 nitrogen and oxygen atoms in total. The van der Waals surface area contributed by atoms with Crippen molar-refractivity contribution in [2.24, 2.45) is 0 Å². The number of nitrogens with zero attached hydrogens (tertiary/aromatic N) is 4. The lowest BCUT2D eigenvalue weighted by atomic mass is 9.98. The monoisotopic (exact) mass is 343 g/mol. The van der Waals surface area contributed by atoms with Crippen LogP contribution >= 0.6 is 0 Å². The number of aryl methyl sites for hydroxylation is 1. The Balaban J connectivity index is 1.80. The molecule has 4 aromatic rings. The summed E-state index contributed by atoms with van der Waals surface area (Å²) in [5, 5.41) is 13.6. The van der Waals surface area contributed by atoms with E-state index in [4.69, 9.17) is 0 Å². The van der Waals surface area contributed by atoms with Crippen LogP contribution in [0.2, 0.25) is 0 Å². The van der Waals surface area contributed by atoms with Crippen molar-refractivity contribution in [2.45, 2.75) is 33.2 Å². The number of rotatable bonds is 1. The predicted octanol–water partition coefficient (Wildman–Crippen LogP) is 4.49. The van der Waals surface area contributed by atoms with Gasteiger partial charge >= 0.3 is 0 Å². The lowest BCUT2D eigenvalue weighted by Crippen LogP contribution is -2.36. The molecule has 5 heteroatoms. The Labute approximate surface area is 152 Å². The summed E-state index contributed by atoms with van der Waals surface area (Å²) < 4.78 is 4.44. The van der Waals surface area contributed by atoms with Gasteiger partial charge in [-0.15, -0.1) is 10.2 Å². The Morgan fingerprint density at radius 3 is 2.62 bits per heavy atom. The van der Waals surface area contributed by atoms with Crippen molar-refractivity contribution in [3.05, 3.63) is 65.9 Å². The fraction of sp³-hybridized carbons (Fsp3) is 0.238. The molecule has 0 saturated carbocycles. The van der Waals surface area contributed by atoms with E-state index in [2.05, 4.69) is 94.1 Å². The highest BCUT2D eigenvalue weighted by Gasteiger charge is 2.35. The van der Waals surface area contributed by atoms with Gasteiger partial charge in [-0.3, -0.25) is 4.57 Å². The third kappa shape index (κ3) is 1.91. The maximum atomic E-state index is 4.44. The van der Waals surface area contributed by atoms with Gasteiger partial charge in [-0.2, -0.15) is 0 Å². The fourth-order valence-electron chi connectivity index (χ4n) is 4.06. The van der Waals surface area contributed by atoms with Crippen molar-refractivity contribution < 1.29 is 0 Å². The molecule has 130 valence electrons. The topological polar surface area (TPSA) is 47.7 Å². The third-order valence-corrected chi connectivity index (χ3v) is 5.32. The van der Waals surface area contributed by atoms with E-state index in [9.17, 15) is 0 Å². The van der Waals surface area contributed by atoms with Gasteiger partial charge in [0.05, 0.1) is 28.1 Å². The van der Waals surface area contributed by atoms with Crippen LogP contribution in [0.3, 0.4) is 0 Å². The number of nitrogens with one attached hydrogen (secondary N) is 1. The summed E-state index contributed by atoms with van der Waals surface area (Å²) >= 11 is 0. The number of aromatic nitrogens is 4. The van der Waals surface area contributed by atoms with Crippen LogP contribution in [-0.4, -0.2) is 19.3 Å². The van der Waals surface area contributed by atoms with Crippen molar-refractivity contribution in [1.82, 2.24) is 19.3 Å². The predicted molar refractivity (Wildman–Crippen MR) is 104 cm³/mol. The molecule has 0 fully saturated rings. The first kappa shape index (κ1) is 15.2. The summed E-state index contributed by atoms with van der Waals surface area (Å²) in [4.78, 5) is 0. The Hall–Kier alpha value is -3.08. The van der Waals surface area contributed by atoms with Crippen LogP contribution in [0.25, 0.3) is 22.3 Å². The minimum atomic E-state index is -0.262. The van der Waals surface area contributed by atoms with Gasteiger partial charge in [-0.05, 0) is 62.9 Å². The summed E-state index contributed by atoms with van der Waals surface area (Å²) in [5.41, 5.74) is 5.57. The average molecular weight is 343 g/mol. The SMILES string of the molecule is Cc1c(-n2ccc3ccccc32)ccc2c1-n1c(C)nnc1C(C)(C)N2. The fourth-order valence-corrected chi connectivity index (χ4v) is 4.06. The Bertz CT molecular complexity index is 1160. The third-order valence-electron chi connectivity index (χ3n) is 5.32. The number of hydrogen-bond acceptors (Lipinski definition) is 3. The van der Waals surface area contributed by atoms with E-state index in [1.54, 1.807) is 0 Å². The minimum absolute atomic E-state index is 0.262. The molecular formula is C21H21N5. The van der Waals surface area contributed by atoms with Crippen molar-refractivity contribution >= 4 is 16.6 Å². The zero-order chi connectivity index (χ0) is 18.1. The second-order valence-corrected chi connectivity index (χ2v) is 7.51. The summed E-state index contributed by atoms with van der Waals surface area (Å²) in [7, 11) is 0. The normalized spacial score (nSPS) is 14.8. The highest BCUT2D eigenvalue weighted by atomic mass is 15.3. The molecule has 1 aliphatic rings. The maximum Gasteiger partial charge on any atom is 0.162 e. The van der Waals surface area contributed by atoms with E-state index in [-0.39, 0.29) is 5.54 Å². The molecule has 0 spiro atoms. The first-order valence-corrected chi connectivity index (χ1v) is 8.88. The summed E-state index contributed by atoms with van der Waals surface area (Å²) in [5.74, 6) is 1.86. The molecule has 0 bridgehead atoms. The molecule has 26 heavy (non-hydrogen) atoms. The highest BCUT2D eigenvalue weighted by molar-refractivity contribution is 5.83. The molecule has 0 atom stereocenters. The molecule has 3 heterocycles. The molecule has 0 saturated heterocycles. The van der Waals surface area contributed by atoms with E-state index in [0.717, 1.165) is 23.0 Å². The van der Waals surface area contributed by atoms with Crippen LogP contribution in [0, 0.1) is 13.8 Å². The highest BCUT2D eigenvalue weighted by Crippen LogP contribution is 2.40. The Morgan fingerprint density at radius 2 is 1.77 bits per heavy atom. The smallest absolute Gasteiger partial charge is 0.162 e. The molecular weight excluding hydrogens is 322 g/mol. The molecule has 0 unspecified atom stereocenters. The number of fused-ring (bicyclic) bond motifs is 4. The second kappa shape index (κ2) is 4.97. The van der Waals surface area contributed by atoms with Crippen LogP contribution < -0.4 is 5.32 Å². The molecule has 0 amide bonds. The standard InChI is InChI=1S/C21H21N5/c1-13-17(25-12-11-15-7-5-6-8-18(15)25)10-9-16-19(13)26-14(2)23-24-20(26)21(3,4)22-16/h5-12,22H,1-4H3. The van der Waals surface area contributed by atoms with E-state index < -0.39 is 0 Å². The number of benzene rings is 2. The second-order valence-electron chi connectivity index (χ2n) is 7.51. The Kier molecular flexibility index (Phi) is 2.91. The van der Waals surface area contributed by atoms with Crippen LogP contribution in [-0.2, 0) is 5.54 Å². The van der Waals surface area contributed by atoms with Crippen LogP contribution in [0.4, 0.5) is 5.69 Å². The first-order chi connectivity index (χ1) is 12.5. The van der Waals surface area contributed by atoms with E-state index in [1.165, 1.54) is 22.2 Å². The van der Waals surface area contributed by atoms with Crippen molar-refractivity contribution in [3.8, 4) is 11.4 Å². The molecule has 5 rings (SSSR count). The van der Waals surface area contributed by atoms with Gasteiger partial charge in [0.25, 0.3) is 0 Å². The van der Waals surface area contributed by atoms with Crippen LogP contribution in [0.1, 0.15) is 31.1 Å².